The van der Waals surface area contributed by atoms with Crippen molar-refractivity contribution >= 4 is 56.1 Å². The van der Waals surface area contributed by atoms with Gasteiger partial charge in [-0.1, -0.05) is 72.8 Å². The zero-order valence-corrected chi connectivity index (χ0v) is 22.2. The van der Waals surface area contributed by atoms with Gasteiger partial charge in [-0.3, -0.25) is 4.79 Å². The first kappa shape index (κ1) is 24.4. The van der Waals surface area contributed by atoms with E-state index in [1.165, 1.54) is 0 Å². The van der Waals surface area contributed by atoms with Gasteiger partial charge in [-0.25, -0.2) is 0 Å². The second kappa shape index (κ2) is 10.5. The quantitative estimate of drug-likeness (QED) is 0.201. The highest BCUT2D eigenvalue weighted by Crippen LogP contribution is 2.38. The largest absolute Gasteiger partial charge is 0.456 e. The number of anilines is 6. The Morgan fingerprint density at radius 3 is 1.00 bits per heavy atom. The van der Waals surface area contributed by atoms with E-state index in [0.717, 1.165) is 34.1 Å². The number of para-hydroxylation sites is 4. The molecule has 0 unspecified atom stereocenters. The van der Waals surface area contributed by atoms with Crippen molar-refractivity contribution in [2.75, 3.05) is 9.80 Å². The molecular formula is C37H26N2O2. The highest BCUT2D eigenvalue weighted by atomic mass is 16.3. The molecule has 6 aromatic carbocycles. The van der Waals surface area contributed by atoms with Crippen molar-refractivity contribution in [1.29, 1.82) is 0 Å². The van der Waals surface area contributed by atoms with Crippen LogP contribution in [0.25, 0.3) is 21.9 Å². The molecule has 0 aliphatic rings. The van der Waals surface area contributed by atoms with Crippen LogP contribution in [0.1, 0.15) is 0 Å². The fourth-order valence-corrected chi connectivity index (χ4v) is 5.31. The summed E-state index contributed by atoms with van der Waals surface area (Å²) in [5.74, 6) is 0. The highest BCUT2D eigenvalue weighted by molar-refractivity contribution is 5.95. The van der Waals surface area contributed by atoms with Gasteiger partial charge in [-0.15, -0.1) is 0 Å². The Kier molecular flexibility index (Phi) is 6.26. The summed E-state index contributed by atoms with van der Waals surface area (Å²) < 4.78 is 6.28. The number of rotatable bonds is 6. The molecule has 0 saturated carbocycles. The topological polar surface area (TPSA) is 36.7 Å². The van der Waals surface area contributed by atoms with Gasteiger partial charge in [0.15, 0.2) is 0 Å². The molecule has 0 fully saturated rings. The van der Waals surface area contributed by atoms with E-state index in [1.807, 2.05) is 109 Å². The Morgan fingerprint density at radius 1 is 0.366 bits per heavy atom. The number of hydrogen-bond acceptors (Lipinski definition) is 4. The smallest absolute Gasteiger partial charge is 0.200 e. The summed E-state index contributed by atoms with van der Waals surface area (Å²) in [6.45, 7) is 0. The van der Waals surface area contributed by atoms with Crippen LogP contribution < -0.4 is 15.2 Å². The van der Waals surface area contributed by atoms with Crippen molar-refractivity contribution < 1.29 is 4.42 Å². The summed E-state index contributed by atoms with van der Waals surface area (Å²) in [5.41, 5.74) is 6.84. The Hall–Kier alpha value is -5.61. The first-order chi connectivity index (χ1) is 20.3. The van der Waals surface area contributed by atoms with Gasteiger partial charge in [0.2, 0.25) is 5.43 Å². The molecule has 0 atom stereocenters. The zero-order chi connectivity index (χ0) is 27.6. The summed E-state index contributed by atoms with van der Waals surface area (Å²) in [6, 6.07) is 52.3. The molecule has 0 aliphatic heterocycles. The molecular weight excluding hydrogens is 504 g/mol. The van der Waals surface area contributed by atoms with E-state index in [-0.39, 0.29) is 5.43 Å². The maximum atomic E-state index is 14.1. The van der Waals surface area contributed by atoms with E-state index in [4.69, 9.17) is 4.42 Å². The SMILES string of the molecule is O=c1c2cc(N(c3ccccc3)c3ccccc3)ccc2oc2ccc(N(c3ccccc3)c3ccccc3)cc12. The van der Waals surface area contributed by atoms with Crippen LogP contribution in [0, 0.1) is 0 Å². The summed E-state index contributed by atoms with van der Waals surface area (Å²) in [7, 11) is 0. The molecule has 7 aromatic rings. The van der Waals surface area contributed by atoms with Gasteiger partial charge < -0.3 is 14.2 Å². The molecule has 0 radical (unpaired) electrons. The van der Waals surface area contributed by atoms with Crippen molar-refractivity contribution in [2.45, 2.75) is 0 Å². The van der Waals surface area contributed by atoms with E-state index in [9.17, 15) is 4.79 Å². The summed E-state index contributed by atoms with van der Waals surface area (Å²) in [6.07, 6.45) is 0. The van der Waals surface area contributed by atoms with Crippen molar-refractivity contribution in [3.05, 3.63) is 168 Å². The maximum absolute atomic E-state index is 14.1. The van der Waals surface area contributed by atoms with Crippen molar-refractivity contribution in [2.24, 2.45) is 0 Å². The molecule has 0 aliphatic carbocycles. The second-order valence-electron chi connectivity index (χ2n) is 9.81. The Bertz CT molecular complexity index is 1780. The van der Waals surface area contributed by atoms with Gasteiger partial charge in [0.05, 0.1) is 10.8 Å². The molecule has 196 valence electrons. The number of benzene rings is 6. The number of fused-ring (bicyclic) bond motifs is 2. The summed E-state index contributed by atoms with van der Waals surface area (Å²) in [4.78, 5) is 18.4. The minimum absolute atomic E-state index is 0.0629. The Balaban J connectivity index is 1.40. The van der Waals surface area contributed by atoms with Crippen LogP contribution >= 0.6 is 0 Å². The van der Waals surface area contributed by atoms with E-state index < -0.39 is 0 Å². The molecule has 0 N–H and O–H groups in total. The molecule has 0 bridgehead atoms. The molecule has 7 rings (SSSR count). The second-order valence-corrected chi connectivity index (χ2v) is 9.81. The lowest BCUT2D eigenvalue weighted by atomic mass is 10.1. The third-order valence-electron chi connectivity index (χ3n) is 7.21. The van der Waals surface area contributed by atoms with Gasteiger partial charge in [0, 0.05) is 34.1 Å². The first-order valence-electron chi connectivity index (χ1n) is 13.6. The van der Waals surface area contributed by atoms with Crippen LogP contribution in [-0.4, -0.2) is 0 Å². The van der Waals surface area contributed by atoms with E-state index in [2.05, 4.69) is 58.3 Å². The lowest BCUT2D eigenvalue weighted by Crippen LogP contribution is -2.12. The van der Waals surface area contributed by atoms with E-state index in [0.29, 0.717) is 21.9 Å². The third-order valence-corrected chi connectivity index (χ3v) is 7.21. The van der Waals surface area contributed by atoms with Crippen LogP contribution in [0.4, 0.5) is 34.1 Å². The molecule has 41 heavy (non-hydrogen) atoms. The predicted octanol–water partition coefficient (Wildman–Crippen LogP) is 9.89. The lowest BCUT2D eigenvalue weighted by Gasteiger charge is -2.26. The van der Waals surface area contributed by atoms with Gasteiger partial charge in [-0.2, -0.15) is 0 Å². The average Bonchev–Trinajstić information content (AvgIpc) is 3.04. The van der Waals surface area contributed by atoms with Crippen LogP contribution in [0.5, 0.6) is 0 Å². The number of hydrogen-bond donors (Lipinski definition) is 0. The van der Waals surface area contributed by atoms with Crippen molar-refractivity contribution in [1.82, 2.24) is 0 Å². The van der Waals surface area contributed by atoms with Crippen molar-refractivity contribution in [3.8, 4) is 0 Å². The van der Waals surface area contributed by atoms with Crippen LogP contribution in [0.3, 0.4) is 0 Å². The van der Waals surface area contributed by atoms with Gasteiger partial charge in [0.1, 0.15) is 11.2 Å². The Labute approximate surface area is 238 Å². The van der Waals surface area contributed by atoms with Crippen LogP contribution in [0.2, 0.25) is 0 Å². The normalized spacial score (nSPS) is 11.0. The lowest BCUT2D eigenvalue weighted by molar-refractivity contribution is 0.660. The minimum Gasteiger partial charge on any atom is -0.456 e. The summed E-state index contributed by atoms with van der Waals surface area (Å²) in [5, 5.41) is 1.07. The fraction of sp³-hybridized carbons (Fsp3) is 0. The molecule has 0 amide bonds. The molecule has 0 spiro atoms. The number of nitrogens with zero attached hydrogens (tertiary/aromatic N) is 2. The van der Waals surface area contributed by atoms with Crippen LogP contribution in [-0.2, 0) is 0 Å². The third kappa shape index (κ3) is 4.62. The van der Waals surface area contributed by atoms with E-state index in [1.54, 1.807) is 0 Å². The maximum Gasteiger partial charge on any atom is 0.200 e. The van der Waals surface area contributed by atoms with Crippen LogP contribution in [0.15, 0.2) is 167 Å². The monoisotopic (exact) mass is 530 g/mol. The zero-order valence-electron chi connectivity index (χ0n) is 22.2. The Morgan fingerprint density at radius 2 is 0.683 bits per heavy atom. The predicted molar refractivity (Wildman–Crippen MR) is 169 cm³/mol. The fourth-order valence-electron chi connectivity index (χ4n) is 5.31. The van der Waals surface area contributed by atoms with Crippen molar-refractivity contribution in [3.63, 3.8) is 0 Å². The molecule has 0 saturated heterocycles. The molecule has 4 heteroatoms. The summed E-state index contributed by atoms with van der Waals surface area (Å²) >= 11 is 0. The average molecular weight is 531 g/mol. The molecule has 1 aromatic heterocycles. The van der Waals surface area contributed by atoms with E-state index >= 15 is 0 Å². The first-order valence-corrected chi connectivity index (χ1v) is 13.6. The van der Waals surface area contributed by atoms with Gasteiger partial charge >= 0.3 is 0 Å². The standard InChI is InChI=1S/C37H26N2O2/c40-37-33-25-31(38(27-13-5-1-6-14-27)28-15-7-2-8-16-28)21-23-35(33)41-36-24-22-32(26-34(36)37)39(29-17-9-3-10-18-29)30-19-11-4-12-20-30/h1-26H. The molecule has 1 heterocycles. The van der Waals surface area contributed by atoms with Gasteiger partial charge in [-0.05, 0) is 84.9 Å². The minimum atomic E-state index is -0.0629. The highest BCUT2D eigenvalue weighted by Gasteiger charge is 2.17. The molecule has 4 nitrogen and oxygen atoms in total. The van der Waals surface area contributed by atoms with Gasteiger partial charge in [0.25, 0.3) is 0 Å².